The van der Waals surface area contributed by atoms with Crippen molar-refractivity contribution in [3.05, 3.63) is 307 Å². The van der Waals surface area contributed by atoms with Gasteiger partial charge in [-0.05, 0) is 101 Å². The van der Waals surface area contributed by atoms with Gasteiger partial charge in [-0.3, -0.25) is 0 Å². The summed E-state index contributed by atoms with van der Waals surface area (Å²) in [5.74, 6) is -44.9. The molecule has 624 valence electrons. The summed E-state index contributed by atoms with van der Waals surface area (Å²) in [6.07, 6.45) is 0. The van der Waals surface area contributed by atoms with E-state index in [1.54, 1.807) is 109 Å². The van der Waals surface area contributed by atoms with Gasteiger partial charge >= 0.3 is 35.8 Å². The molecule has 15 aromatic carbocycles. The molecule has 18 bridgehead atoms. The van der Waals surface area contributed by atoms with Gasteiger partial charge in [-0.15, -0.1) is 0 Å². The van der Waals surface area contributed by atoms with E-state index in [1.807, 2.05) is 0 Å². The Bertz CT molecular complexity index is 6650. The van der Waals surface area contributed by atoms with Gasteiger partial charge in [-0.2, -0.15) is 0 Å². The maximum atomic E-state index is 16.9. The quantitative estimate of drug-likeness (QED) is 0.0497. The molecule has 0 fully saturated rings. The average molecular weight is 1700 g/mol. The summed E-state index contributed by atoms with van der Waals surface area (Å²) < 4.78 is 269. The number of hydrogen-bond donors (Lipinski definition) is 0. The minimum atomic E-state index is -2.49. The van der Waals surface area contributed by atoms with Gasteiger partial charge in [-0.1, -0.05) is 146 Å². The van der Waals surface area contributed by atoms with Crippen LogP contribution in [0.4, 0.5) is 52.7 Å². The van der Waals surface area contributed by atoms with Gasteiger partial charge in [0.2, 0.25) is 0 Å². The molecule has 0 amide bonds. The molecule has 0 spiro atoms. The molecule has 0 saturated heterocycles. The van der Waals surface area contributed by atoms with E-state index in [0.717, 1.165) is 40.6 Å². The van der Waals surface area contributed by atoms with E-state index in [9.17, 15) is 28.8 Å². The highest BCUT2D eigenvalue weighted by Gasteiger charge is 2.41. The Morgan fingerprint density at radius 1 is 0.210 bits per heavy atom. The minimum absolute atomic E-state index is 0.00957. The molecule has 0 N–H and O–H groups in total. The van der Waals surface area contributed by atoms with Gasteiger partial charge in [0, 0.05) is 55.6 Å². The van der Waals surface area contributed by atoms with Crippen LogP contribution in [0.1, 0.15) is 84.4 Å². The van der Waals surface area contributed by atoms with E-state index >= 15 is 52.7 Å². The predicted octanol–water partition coefficient (Wildman–Crippen LogP) is 21.5. The zero-order valence-electron chi connectivity index (χ0n) is 65.0. The number of benzene rings is 15. The maximum Gasteiger partial charge on any atom is 0.349 e. The highest BCUT2D eigenvalue weighted by molar-refractivity contribution is 6.15. The summed E-state index contributed by atoms with van der Waals surface area (Å²) in [6.45, 7) is -4.10. The molecule has 0 atom stereocenters. The van der Waals surface area contributed by atoms with Crippen LogP contribution in [0, 0.1) is 69.8 Å². The molecule has 0 aliphatic carbocycles. The standard InChI is InChI=1S/C94H56F12O18/c1-113-83-47-31-41-19-7-13-25-51(41)59(83)60-52-26-14-8-20-42(52)32-48(84(60)114-2)38-120-90(108)66-73(97)77(101)68(78(102)74(66)98)92(110)122-40-50-34-44-22-10-16-28-54(44)62(86(50)116-4)64-56-30-18-12-24-46(56)36-58(88(64)118-6)124-94(112)70-81(105)79(103)69(80(104)82(70)106)93(111)123-57-35-45-23-11-17-29-55(45)63(87(57)117-5)61-53-27-15-9-21-43(53)33-49(85(61)115-3)39-121-91(109)67-75(99)71(95)65(72(96)76(67)100)89(107)119-37-47/h7-36H,37-40H2,1-6H3. The van der Waals surface area contributed by atoms with Crippen molar-refractivity contribution < 1.29 is 138 Å². The summed E-state index contributed by atoms with van der Waals surface area (Å²) in [7, 11) is 6.75. The van der Waals surface area contributed by atoms with Gasteiger partial charge in [-0.25, -0.2) is 81.5 Å². The number of rotatable bonds is 6. The van der Waals surface area contributed by atoms with Crippen molar-refractivity contribution in [3.8, 4) is 79.4 Å². The van der Waals surface area contributed by atoms with Crippen LogP contribution >= 0.6 is 0 Å². The van der Waals surface area contributed by atoms with E-state index in [0.29, 0.717) is 21.5 Å². The van der Waals surface area contributed by atoms with Crippen molar-refractivity contribution in [2.75, 3.05) is 42.7 Å². The number of carbonyl (C=O) groups is 6. The van der Waals surface area contributed by atoms with E-state index < -0.39 is 188 Å². The molecule has 4 aliphatic heterocycles. The Morgan fingerprint density at radius 3 is 0.556 bits per heavy atom. The molecule has 19 rings (SSSR count). The molecule has 4 heterocycles. The number of ether oxygens (including phenoxy) is 12. The third kappa shape index (κ3) is 13.7. The highest BCUT2D eigenvalue weighted by atomic mass is 19.2. The first-order chi connectivity index (χ1) is 59.8. The molecule has 0 saturated carbocycles. The van der Waals surface area contributed by atoms with Crippen LogP contribution in [0.3, 0.4) is 0 Å². The normalized spacial score (nSPS) is 13.1. The second-order valence-corrected chi connectivity index (χ2v) is 27.8. The number of hydrogen-bond acceptors (Lipinski definition) is 18. The lowest BCUT2D eigenvalue weighted by Gasteiger charge is -2.22. The Balaban J connectivity index is 0.844. The third-order valence-electron chi connectivity index (χ3n) is 21.1. The number of fused-ring (bicyclic) bond motifs is 9. The second-order valence-electron chi connectivity index (χ2n) is 27.8. The van der Waals surface area contributed by atoms with Gasteiger partial charge < -0.3 is 56.8 Å². The fourth-order valence-electron chi connectivity index (χ4n) is 15.7. The summed E-state index contributed by atoms with van der Waals surface area (Å²) >= 11 is 0. The largest absolute Gasteiger partial charge is 0.496 e. The first-order valence-corrected chi connectivity index (χ1v) is 37.0. The van der Waals surface area contributed by atoms with Crippen molar-refractivity contribution in [2.45, 2.75) is 26.4 Å². The topological polar surface area (TPSA) is 213 Å². The van der Waals surface area contributed by atoms with Crippen LogP contribution in [-0.4, -0.2) is 78.5 Å². The summed E-state index contributed by atoms with van der Waals surface area (Å²) in [5.41, 5.74) is -12.4. The van der Waals surface area contributed by atoms with Gasteiger partial charge in [0.15, 0.2) is 92.8 Å². The first kappa shape index (κ1) is 82.3. The SMILES string of the molecule is COc1c2cc3ccccc3c1-c1c(OC)c(cc3ccccc13)COC(=O)c1c(F)c(F)c(c(F)c1F)C(=O)OCc1cc3ccccc3c(c1OC)-c1c(OC)c(cc3ccccc13)OC(=O)c1c(F)c(F)c(c(F)c1F)C(=O)Oc1cc3ccccc3c(c1OC)-c1c(OC)c(cc3ccccc13)COC(=O)c1c(F)c(F)c(c(F)c1F)C(=O)OC2. The molecule has 4 aliphatic rings. The fraction of sp³-hybridized carbons (Fsp3) is 0.106. The van der Waals surface area contributed by atoms with E-state index in [1.165, 1.54) is 74.9 Å². The minimum Gasteiger partial charge on any atom is -0.496 e. The molecule has 15 aromatic rings. The monoisotopic (exact) mass is 1700 g/mol. The highest BCUT2D eigenvalue weighted by Crippen LogP contribution is 2.55. The Morgan fingerprint density at radius 2 is 0.371 bits per heavy atom. The van der Waals surface area contributed by atoms with Crippen LogP contribution in [0.2, 0.25) is 0 Å². The van der Waals surface area contributed by atoms with Crippen LogP contribution in [0.15, 0.2) is 182 Å². The molecule has 0 unspecified atom stereocenters. The van der Waals surface area contributed by atoms with Crippen LogP contribution < -0.4 is 37.9 Å². The van der Waals surface area contributed by atoms with Crippen molar-refractivity contribution in [2.24, 2.45) is 0 Å². The third-order valence-corrected chi connectivity index (χ3v) is 21.1. The number of carbonyl (C=O) groups excluding carboxylic acids is 6. The molecular weight excluding hydrogens is 1640 g/mol. The first-order valence-electron chi connectivity index (χ1n) is 37.0. The molecule has 0 radical (unpaired) electrons. The maximum absolute atomic E-state index is 16.9. The number of esters is 6. The fourth-order valence-corrected chi connectivity index (χ4v) is 15.7. The van der Waals surface area contributed by atoms with E-state index in [4.69, 9.17) is 56.8 Å². The van der Waals surface area contributed by atoms with Crippen LogP contribution in [0.5, 0.6) is 46.0 Å². The molecular formula is C94H56F12O18. The van der Waals surface area contributed by atoms with Crippen molar-refractivity contribution >= 4 is 100 Å². The zero-order chi connectivity index (χ0) is 87.7. The summed E-state index contributed by atoms with van der Waals surface area (Å²) in [6, 6.07) is 45.4. The van der Waals surface area contributed by atoms with Gasteiger partial charge in [0.25, 0.3) is 0 Å². The Labute approximate surface area is 691 Å². The van der Waals surface area contributed by atoms with Crippen LogP contribution in [-0.2, 0) is 45.4 Å². The summed E-state index contributed by atoms with van der Waals surface area (Å²) in [4.78, 5) is 85.2. The number of halogens is 12. The molecule has 18 nitrogen and oxygen atoms in total. The lowest BCUT2D eigenvalue weighted by atomic mass is 9.89. The predicted molar refractivity (Wildman–Crippen MR) is 425 cm³/mol. The average Bonchev–Trinajstić information content (AvgIpc) is 0.758. The second kappa shape index (κ2) is 33.0. The van der Waals surface area contributed by atoms with Gasteiger partial charge in [0.05, 0.1) is 42.7 Å². The Kier molecular flexibility index (Phi) is 21.9. The Hall–Kier alpha value is -15.4. The summed E-state index contributed by atoms with van der Waals surface area (Å²) in [5, 5.41) is 3.30. The van der Waals surface area contributed by atoms with E-state index in [2.05, 4.69) is 0 Å². The molecule has 0 aromatic heterocycles. The van der Waals surface area contributed by atoms with Crippen molar-refractivity contribution in [1.29, 1.82) is 0 Å². The smallest absolute Gasteiger partial charge is 0.349 e. The lowest BCUT2D eigenvalue weighted by molar-refractivity contribution is 0.0432. The van der Waals surface area contributed by atoms with Crippen molar-refractivity contribution in [3.63, 3.8) is 0 Å². The zero-order valence-corrected chi connectivity index (χ0v) is 65.0. The molecule has 124 heavy (non-hydrogen) atoms. The van der Waals surface area contributed by atoms with Crippen molar-refractivity contribution in [1.82, 2.24) is 0 Å². The lowest BCUT2D eigenvalue weighted by Crippen LogP contribution is -2.22. The molecule has 30 heteroatoms. The van der Waals surface area contributed by atoms with Gasteiger partial charge in [0.1, 0.15) is 82.8 Å². The van der Waals surface area contributed by atoms with E-state index in [-0.39, 0.29) is 122 Å². The van der Waals surface area contributed by atoms with Crippen LogP contribution in [0.25, 0.3) is 98.0 Å². The number of methoxy groups -OCH3 is 6.